The van der Waals surface area contributed by atoms with E-state index in [0.29, 0.717) is 12.2 Å². The van der Waals surface area contributed by atoms with Crippen molar-refractivity contribution in [1.29, 1.82) is 0 Å². The van der Waals surface area contributed by atoms with Gasteiger partial charge in [-0.2, -0.15) is 0 Å². The van der Waals surface area contributed by atoms with Gasteiger partial charge in [0, 0.05) is 11.4 Å². The van der Waals surface area contributed by atoms with Crippen molar-refractivity contribution < 1.29 is 13.2 Å². The van der Waals surface area contributed by atoms with Crippen LogP contribution in [0.1, 0.15) is 19.4 Å². The smallest absolute Gasteiger partial charge is 0.264 e. The molecule has 2 aromatic carbocycles. The molecule has 0 bridgehead atoms. The first kappa shape index (κ1) is 21.3. The van der Waals surface area contributed by atoms with Gasteiger partial charge in [-0.05, 0) is 55.5 Å². The maximum atomic E-state index is 13.2. The van der Waals surface area contributed by atoms with Gasteiger partial charge in [0.05, 0.1) is 10.6 Å². The fraction of sp³-hybridized carbons (Fsp3) is 0.350. The predicted octanol–water partition coefficient (Wildman–Crippen LogP) is 3.68. The van der Waals surface area contributed by atoms with E-state index >= 15 is 0 Å². The van der Waals surface area contributed by atoms with Crippen LogP contribution in [-0.2, 0) is 14.8 Å². The average molecular weight is 407 g/mol. The summed E-state index contributed by atoms with van der Waals surface area (Å²) in [6.07, 6.45) is 1.93. The molecule has 0 saturated carbocycles. The number of benzene rings is 2. The largest absolute Gasteiger partial charge is 0.354 e. The van der Waals surface area contributed by atoms with Crippen LogP contribution in [0.25, 0.3) is 0 Å². The van der Waals surface area contributed by atoms with Crippen molar-refractivity contribution >= 4 is 33.4 Å². The van der Waals surface area contributed by atoms with Gasteiger partial charge in [-0.1, -0.05) is 31.5 Å². The molecule has 2 aromatic rings. The van der Waals surface area contributed by atoms with Crippen LogP contribution >= 0.6 is 11.8 Å². The SMILES string of the molecule is CSc1ccc(S(=O)(=O)N(CC(=O)NCC(C)C)c2ccc(C)cc2)cc1. The van der Waals surface area contributed by atoms with Crippen molar-refractivity contribution in [3.8, 4) is 0 Å². The number of hydrogen-bond acceptors (Lipinski definition) is 4. The number of anilines is 1. The molecule has 2 rings (SSSR count). The Morgan fingerprint density at radius 1 is 1.07 bits per heavy atom. The van der Waals surface area contributed by atoms with E-state index in [1.54, 1.807) is 48.2 Å². The molecule has 5 nitrogen and oxygen atoms in total. The molecule has 0 aromatic heterocycles. The van der Waals surface area contributed by atoms with Crippen molar-refractivity contribution in [2.45, 2.75) is 30.6 Å². The van der Waals surface area contributed by atoms with Crippen LogP contribution in [0.5, 0.6) is 0 Å². The summed E-state index contributed by atoms with van der Waals surface area (Å²) in [6.45, 7) is 6.15. The van der Waals surface area contributed by atoms with Crippen LogP contribution in [0, 0.1) is 12.8 Å². The zero-order valence-electron chi connectivity index (χ0n) is 16.1. The van der Waals surface area contributed by atoms with Gasteiger partial charge in [0.2, 0.25) is 5.91 Å². The van der Waals surface area contributed by atoms with Crippen molar-refractivity contribution in [3.63, 3.8) is 0 Å². The summed E-state index contributed by atoms with van der Waals surface area (Å²) in [5.41, 5.74) is 1.49. The molecule has 0 radical (unpaired) electrons. The third-order valence-electron chi connectivity index (χ3n) is 3.96. The van der Waals surface area contributed by atoms with Crippen LogP contribution in [0.2, 0.25) is 0 Å². The highest BCUT2D eigenvalue weighted by Gasteiger charge is 2.27. The van der Waals surface area contributed by atoms with Gasteiger partial charge in [0.1, 0.15) is 6.54 Å². The number of amides is 1. The Labute approximate surface area is 166 Å². The first-order valence-electron chi connectivity index (χ1n) is 8.74. The lowest BCUT2D eigenvalue weighted by atomic mass is 10.2. The standard InChI is InChI=1S/C20H26N2O3S2/c1-15(2)13-21-20(23)14-22(17-7-5-16(3)6-8-17)27(24,25)19-11-9-18(26-4)10-12-19/h5-12,15H,13-14H2,1-4H3,(H,21,23). The Balaban J connectivity index is 2.37. The van der Waals surface area contributed by atoms with Gasteiger partial charge in [-0.25, -0.2) is 8.42 Å². The van der Waals surface area contributed by atoms with E-state index in [-0.39, 0.29) is 23.3 Å². The van der Waals surface area contributed by atoms with Gasteiger partial charge >= 0.3 is 0 Å². The fourth-order valence-electron chi connectivity index (χ4n) is 2.41. The predicted molar refractivity (Wildman–Crippen MR) is 112 cm³/mol. The molecular weight excluding hydrogens is 380 g/mol. The van der Waals surface area contributed by atoms with E-state index in [1.165, 1.54) is 0 Å². The molecule has 0 aliphatic heterocycles. The van der Waals surface area contributed by atoms with Crippen LogP contribution in [0.3, 0.4) is 0 Å². The first-order chi connectivity index (χ1) is 12.7. The quantitative estimate of drug-likeness (QED) is 0.679. The first-order valence-corrected chi connectivity index (χ1v) is 11.4. The summed E-state index contributed by atoms with van der Waals surface area (Å²) < 4.78 is 27.6. The molecule has 0 saturated heterocycles. The van der Waals surface area contributed by atoms with Gasteiger partial charge in [0.25, 0.3) is 10.0 Å². The Hall–Kier alpha value is -1.99. The van der Waals surface area contributed by atoms with Crippen LogP contribution in [0.4, 0.5) is 5.69 Å². The summed E-state index contributed by atoms with van der Waals surface area (Å²) in [7, 11) is -3.86. The maximum absolute atomic E-state index is 13.2. The highest BCUT2D eigenvalue weighted by molar-refractivity contribution is 7.98. The number of nitrogens with one attached hydrogen (secondary N) is 1. The maximum Gasteiger partial charge on any atom is 0.264 e. The van der Waals surface area contributed by atoms with Gasteiger partial charge in [0.15, 0.2) is 0 Å². The second-order valence-corrected chi connectivity index (χ2v) is 9.46. The van der Waals surface area contributed by atoms with Crippen LogP contribution in [0.15, 0.2) is 58.3 Å². The Kier molecular flexibility index (Phi) is 7.33. The lowest BCUT2D eigenvalue weighted by Crippen LogP contribution is -2.41. The summed E-state index contributed by atoms with van der Waals surface area (Å²) in [4.78, 5) is 13.5. The molecule has 0 heterocycles. The number of sulfonamides is 1. The second-order valence-electron chi connectivity index (χ2n) is 6.72. The third-order valence-corrected chi connectivity index (χ3v) is 6.50. The highest BCUT2D eigenvalue weighted by Crippen LogP contribution is 2.25. The minimum absolute atomic E-state index is 0.164. The zero-order valence-corrected chi connectivity index (χ0v) is 17.7. The lowest BCUT2D eigenvalue weighted by Gasteiger charge is -2.24. The molecule has 0 unspecified atom stereocenters. The van der Waals surface area contributed by atoms with Gasteiger partial charge in [-0.15, -0.1) is 11.8 Å². The third kappa shape index (κ3) is 5.74. The van der Waals surface area contributed by atoms with Gasteiger partial charge < -0.3 is 5.32 Å². The van der Waals surface area contributed by atoms with E-state index in [9.17, 15) is 13.2 Å². The number of thioether (sulfide) groups is 1. The Bertz CT molecular complexity index is 861. The van der Waals surface area contributed by atoms with Crippen molar-refractivity contribution in [2.24, 2.45) is 5.92 Å². The summed E-state index contributed by atoms with van der Waals surface area (Å²) in [5.74, 6) is -0.0361. The highest BCUT2D eigenvalue weighted by atomic mass is 32.2. The monoisotopic (exact) mass is 406 g/mol. The Morgan fingerprint density at radius 2 is 1.67 bits per heavy atom. The molecule has 1 amide bonds. The molecule has 7 heteroatoms. The number of aryl methyl sites for hydroxylation is 1. The molecule has 146 valence electrons. The molecule has 0 atom stereocenters. The van der Waals surface area contributed by atoms with Crippen LogP contribution < -0.4 is 9.62 Å². The van der Waals surface area contributed by atoms with Gasteiger partial charge in [-0.3, -0.25) is 9.10 Å². The number of carbonyl (C=O) groups excluding carboxylic acids is 1. The average Bonchev–Trinajstić information content (AvgIpc) is 2.65. The van der Waals surface area contributed by atoms with Crippen molar-refractivity contribution in [2.75, 3.05) is 23.7 Å². The van der Waals surface area contributed by atoms with E-state index in [2.05, 4.69) is 5.32 Å². The molecular formula is C20H26N2O3S2. The minimum atomic E-state index is -3.86. The molecule has 0 aliphatic rings. The molecule has 0 aliphatic carbocycles. The molecule has 0 spiro atoms. The molecule has 27 heavy (non-hydrogen) atoms. The van der Waals surface area contributed by atoms with E-state index in [4.69, 9.17) is 0 Å². The zero-order chi connectivity index (χ0) is 20.0. The Morgan fingerprint density at radius 3 is 2.19 bits per heavy atom. The summed E-state index contributed by atoms with van der Waals surface area (Å²) in [6, 6.07) is 13.8. The van der Waals surface area contributed by atoms with Crippen LogP contribution in [-0.4, -0.2) is 33.7 Å². The fourth-order valence-corrected chi connectivity index (χ4v) is 4.23. The topological polar surface area (TPSA) is 66.5 Å². The van der Waals surface area contributed by atoms with E-state index in [0.717, 1.165) is 14.8 Å². The minimum Gasteiger partial charge on any atom is -0.354 e. The molecule has 0 fully saturated rings. The lowest BCUT2D eigenvalue weighted by molar-refractivity contribution is -0.119. The van der Waals surface area contributed by atoms with Crippen molar-refractivity contribution in [1.82, 2.24) is 5.32 Å². The summed E-state index contributed by atoms with van der Waals surface area (Å²) in [5, 5.41) is 2.79. The number of nitrogens with zero attached hydrogens (tertiary/aromatic N) is 1. The van der Waals surface area contributed by atoms with E-state index in [1.807, 2.05) is 39.2 Å². The van der Waals surface area contributed by atoms with Crippen molar-refractivity contribution in [3.05, 3.63) is 54.1 Å². The number of rotatable bonds is 8. The normalized spacial score (nSPS) is 11.4. The summed E-state index contributed by atoms with van der Waals surface area (Å²) >= 11 is 1.54. The number of hydrogen-bond donors (Lipinski definition) is 1. The molecule has 1 N–H and O–H groups in total. The van der Waals surface area contributed by atoms with E-state index < -0.39 is 10.0 Å². The second kappa shape index (κ2) is 9.28. The number of carbonyl (C=O) groups is 1.